The van der Waals surface area contributed by atoms with Gasteiger partial charge >= 0.3 is 0 Å². The lowest BCUT2D eigenvalue weighted by molar-refractivity contribution is -0.127. The highest BCUT2D eigenvalue weighted by Crippen LogP contribution is 2.22. The molecule has 0 aliphatic carbocycles. The van der Waals surface area contributed by atoms with Gasteiger partial charge in [0, 0.05) is 10.9 Å². The zero-order chi connectivity index (χ0) is 13.8. The monoisotopic (exact) mass is 316 g/mol. The summed E-state index contributed by atoms with van der Waals surface area (Å²) in [5.41, 5.74) is 1.11. The minimum absolute atomic E-state index is 0. The van der Waals surface area contributed by atoms with Crippen molar-refractivity contribution in [3.63, 3.8) is 0 Å². The first-order chi connectivity index (χ1) is 9.11. The highest BCUT2D eigenvalue weighted by atomic mass is 35.5. The summed E-state index contributed by atoms with van der Waals surface area (Å²) < 4.78 is 0. The number of nitrogens with one attached hydrogen (secondary N) is 2. The van der Waals surface area contributed by atoms with Crippen LogP contribution in [0.4, 0.5) is 0 Å². The number of hydrogen-bond acceptors (Lipinski definition) is 2. The average Bonchev–Trinajstić information content (AvgIpc) is 2.34. The van der Waals surface area contributed by atoms with E-state index in [9.17, 15) is 4.79 Å². The van der Waals surface area contributed by atoms with Crippen LogP contribution in [-0.4, -0.2) is 19.0 Å². The van der Waals surface area contributed by atoms with Crippen LogP contribution in [0, 0.1) is 11.8 Å². The molecule has 112 valence electrons. The molecule has 0 radical (unpaired) electrons. The van der Waals surface area contributed by atoms with Crippen molar-refractivity contribution in [2.75, 3.05) is 13.1 Å². The van der Waals surface area contributed by atoms with Gasteiger partial charge in [-0.15, -0.1) is 12.4 Å². The normalized spacial score (nSPS) is 17.6. The first-order valence-electron chi connectivity index (χ1n) is 6.88. The van der Waals surface area contributed by atoms with Crippen LogP contribution in [0.5, 0.6) is 0 Å². The summed E-state index contributed by atoms with van der Waals surface area (Å²) in [6, 6.07) is 7.76. The Labute approximate surface area is 131 Å². The molecule has 5 heteroatoms. The van der Waals surface area contributed by atoms with E-state index in [4.69, 9.17) is 11.6 Å². The van der Waals surface area contributed by atoms with Gasteiger partial charge in [0.15, 0.2) is 0 Å². The topological polar surface area (TPSA) is 41.1 Å². The van der Waals surface area contributed by atoms with Crippen molar-refractivity contribution in [2.45, 2.75) is 26.3 Å². The fourth-order valence-electron chi connectivity index (χ4n) is 2.30. The van der Waals surface area contributed by atoms with Gasteiger partial charge in [0.1, 0.15) is 0 Å². The van der Waals surface area contributed by atoms with Gasteiger partial charge in [-0.05, 0) is 43.1 Å². The molecule has 0 bridgehead atoms. The summed E-state index contributed by atoms with van der Waals surface area (Å²) >= 11 is 5.89. The van der Waals surface area contributed by atoms with Gasteiger partial charge < -0.3 is 10.6 Å². The summed E-state index contributed by atoms with van der Waals surface area (Å²) in [5, 5.41) is 7.07. The lowest BCUT2D eigenvalue weighted by Crippen LogP contribution is -2.50. The summed E-state index contributed by atoms with van der Waals surface area (Å²) in [6.07, 6.45) is 0.878. The molecule has 1 aliphatic rings. The Morgan fingerprint density at radius 2 is 2.00 bits per heavy atom. The van der Waals surface area contributed by atoms with Crippen LogP contribution in [0.25, 0.3) is 0 Å². The third-order valence-corrected chi connectivity index (χ3v) is 4.18. The largest absolute Gasteiger partial charge is 0.349 e. The van der Waals surface area contributed by atoms with Crippen molar-refractivity contribution in [3.8, 4) is 0 Å². The van der Waals surface area contributed by atoms with E-state index in [2.05, 4.69) is 17.6 Å². The molecular weight excluding hydrogens is 295 g/mol. The van der Waals surface area contributed by atoms with Crippen LogP contribution in [-0.2, 0) is 4.79 Å². The van der Waals surface area contributed by atoms with Crippen LogP contribution >= 0.6 is 24.0 Å². The number of carbonyl (C=O) groups is 1. The maximum atomic E-state index is 12.2. The van der Waals surface area contributed by atoms with E-state index in [1.807, 2.05) is 31.2 Å². The zero-order valence-electron chi connectivity index (χ0n) is 11.9. The average molecular weight is 317 g/mol. The quantitative estimate of drug-likeness (QED) is 0.876. The number of hydrogen-bond donors (Lipinski definition) is 2. The molecule has 3 nitrogen and oxygen atoms in total. The summed E-state index contributed by atoms with van der Waals surface area (Å²) in [5.74, 6) is 0.693. The molecule has 20 heavy (non-hydrogen) atoms. The van der Waals surface area contributed by atoms with Crippen LogP contribution in [0.1, 0.15) is 31.9 Å². The number of amides is 1. The number of rotatable bonds is 5. The second-order valence-corrected chi connectivity index (χ2v) is 5.66. The fraction of sp³-hybridized carbons (Fsp3) is 0.533. The van der Waals surface area contributed by atoms with Gasteiger partial charge in [0.2, 0.25) is 5.91 Å². The highest BCUT2D eigenvalue weighted by molar-refractivity contribution is 6.30. The summed E-state index contributed by atoms with van der Waals surface area (Å²) in [4.78, 5) is 12.2. The number of benzene rings is 1. The highest BCUT2D eigenvalue weighted by Gasteiger charge is 2.29. The lowest BCUT2D eigenvalue weighted by Gasteiger charge is -2.32. The van der Waals surface area contributed by atoms with E-state index >= 15 is 0 Å². The van der Waals surface area contributed by atoms with E-state index in [-0.39, 0.29) is 30.3 Å². The maximum absolute atomic E-state index is 12.2. The third kappa shape index (κ3) is 4.11. The predicted octanol–water partition coefficient (Wildman–Crippen LogP) is 3.18. The molecule has 2 unspecified atom stereocenters. The standard InChI is InChI=1S/C15H21ClN2O.ClH/c1-3-14(11-4-6-13(16)7-5-11)18-15(19)10(2)12-8-17-9-12;/h4-7,10,12,14,17H,3,8-9H2,1-2H3,(H,18,19);1H. The van der Waals surface area contributed by atoms with E-state index in [1.165, 1.54) is 0 Å². The van der Waals surface area contributed by atoms with Crippen LogP contribution in [0.15, 0.2) is 24.3 Å². The number of carbonyl (C=O) groups excluding carboxylic acids is 1. The van der Waals surface area contributed by atoms with Crippen molar-refractivity contribution in [2.24, 2.45) is 11.8 Å². The van der Waals surface area contributed by atoms with Gasteiger partial charge in [0.05, 0.1) is 6.04 Å². The fourth-order valence-corrected chi connectivity index (χ4v) is 2.42. The molecule has 1 saturated heterocycles. The molecule has 2 rings (SSSR count). The minimum atomic E-state index is 0. The molecule has 2 N–H and O–H groups in total. The summed E-state index contributed by atoms with van der Waals surface area (Å²) in [6.45, 7) is 5.99. The van der Waals surface area contributed by atoms with E-state index in [1.54, 1.807) is 0 Å². The first-order valence-corrected chi connectivity index (χ1v) is 7.26. The molecule has 1 amide bonds. The molecule has 0 spiro atoms. The zero-order valence-corrected chi connectivity index (χ0v) is 13.4. The van der Waals surface area contributed by atoms with Gasteiger partial charge in [-0.25, -0.2) is 0 Å². The Hall–Kier alpha value is -0.770. The van der Waals surface area contributed by atoms with Crippen LogP contribution < -0.4 is 10.6 Å². The first kappa shape index (κ1) is 17.3. The van der Waals surface area contributed by atoms with E-state index in [0.717, 1.165) is 30.1 Å². The number of halogens is 2. The van der Waals surface area contributed by atoms with Crippen LogP contribution in [0.3, 0.4) is 0 Å². The van der Waals surface area contributed by atoms with Gasteiger partial charge in [-0.2, -0.15) is 0 Å². The Bertz CT molecular complexity index is 432. The van der Waals surface area contributed by atoms with Crippen molar-refractivity contribution in [1.82, 2.24) is 10.6 Å². The Kier molecular flexibility index (Phi) is 6.80. The predicted molar refractivity (Wildman–Crippen MR) is 85.4 cm³/mol. The maximum Gasteiger partial charge on any atom is 0.223 e. The molecule has 1 aromatic carbocycles. The molecule has 1 aromatic rings. The summed E-state index contributed by atoms with van der Waals surface area (Å²) in [7, 11) is 0. The lowest BCUT2D eigenvalue weighted by atomic mass is 9.88. The second-order valence-electron chi connectivity index (χ2n) is 5.23. The second kappa shape index (κ2) is 7.87. The Morgan fingerprint density at radius 1 is 1.40 bits per heavy atom. The Morgan fingerprint density at radius 3 is 2.45 bits per heavy atom. The van der Waals surface area contributed by atoms with Gasteiger partial charge in [0.25, 0.3) is 0 Å². The van der Waals surface area contributed by atoms with Crippen molar-refractivity contribution in [3.05, 3.63) is 34.9 Å². The molecule has 0 saturated carbocycles. The van der Waals surface area contributed by atoms with Crippen molar-refractivity contribution < 1.29 is 4.79 Å². The molecule has 0 aromatic heterocycles. The molecule has 1 heterocycles. The van der Waals surface area contributed by atoms with Crippen molar-refractivity contribution >= 4 is 29.9 Å². The molecule has 1 fully saturated rings. The third-order valence-electron chi connectivity index (χ3n) is 3.93. The molecule has 1 aliphatic heterocycles. The molecule has 2 atom stereocenters. The Balaban J connectivity index is 0.00000200. The SMILES string of the molecule is CCC(NC(=O)C(C)C1CNC1)c1ccc(Cl)cc1.Cl. The van der Waals surface area contributed by atoms with E-state index < -0.39 is 0 Å². The van der Waals surface area contributed by atoms with Crippen LogP contribution in [0.2, 0.25) is 5.02 Å². The minimum Gasteiger partial charge on any atom is -0.349 e. The smallest absolute Gasteiger partial charge is 0.223 e. The van der Waals surface area contributed by atoms with Crippen molar-refractivity contribution in [1.29, 1.82) is 0 Å². The van der Waals surface area contributed by atoms with Gasteiger partial charge in [-0.1, -0.05) is 37.6 Å². The molecular formula is C15H22Cl2N2O. The van der Waals surface area contributed by atoms with Gasteiger partial charge in [-0.3, -0.25) is 4.79 Å². The van der Waals surface area contributed by atoms with E-state index in [0.29, 0.717) is 5.92 Å².